The smallest absolute Gasteiger partial charge is 0.164 e. The lowest BCUT2D eigenvalue weighted by atomic mass is 9.93. The van der Waals surface area contributed by atoms with Gasteiger partial charge in [-0.1, -0.05) is 176 Å². The average molecular weight is 973 g/mol. The van der Waals surface area contributed by atoms with Crippen molar-refractivity contribution >= 4 is 87.6 Å². The van der Waals surface area contributed by atoms with Gasteiger partial charge in [0.15, 0.2) is 17.5 Å². The van der Waals surface area contributed by atoms with E-state index in [1.165, 1.54) is 10.8 Å². The van der Waals surface area contributed by atoms with E-state index in [9.17, 15) is 0 Å². The van der Waals surface area contributed by atoms with Gasteiger partial charge in [-0.25, -0.2) is 15.0 Å². The van der Waals surface area contributed by atoms with Crippen molar-refractivity contribution < 1.29 is 13.3 Å². The maximum Gasteiger partial charge on any atom is 0.164 e. The van der Waals surface area contributed by atoms with E-state index >= 15 is 0 Å². The van der Waals surface area contributed by atoms with Crippen LogP contribution >= 0.6 is 0 Å². The lowest BCUT2D eigenvalue weighted by Crippen LogP contribution is -2.00. The Bertz CT molecular complexity index is 4990. The number of para-hydroxylation sites is 5. The summed E-state index contributed by atoms with van der Waals surface area (Å²) in [4.78, 5) is 15.6. The monoisotopic (exact) mass is 972 g/mol. The summed E-state index contributed by atoms with van der Waals surface area (Å²) in [6.45, 7) is 0. The zero-order valence-electron chi connectivity index (χ0n) is 40.6. The van der Waals surface area contributed by atoms with Crippen LogP contribution in [-0.2, 0) is 0 Å². The highest BCUT2D eigenvalue weighted by atomic mass is 16.3. The summed E-state index contributed by atoms with van der Waals surface area (Å²) >= 11 is 0. The highest BCUT2D eigenvalue weighted by Crippen LogP contribution is 2.47. The minimum absolute atomic E-state index is 0.552. The molecule has 7 heteroatoms. The molecule has 0 aliphatic heterocycles. The normalized spacial score (nSPS) is 11.9. The Morgan fingerprint density at radius 2 is 0.842 bits per heavy atom. The van der Waals surface area contributed by atoms with Crippen molar-refractivity contribution in [1.82, 2.24) is 19.5 Å². The second-order valence-corrected chi connectivity index (χ2v) is 19.4. The molecule has 76 heavy (non-hydrogen) atoms. The van der Waals surface area contributed by atoms with Gasteiger partial charge >= 0.3 is 0 Å². The molecule has 0 atom stereocenters. The van der Waals surface area contributed by atoms with Crippen LogP contribution in [0.3, 0.4) is 0 Å². The molecule has 0 fully saturated rings. The van der Waals surface area contributed by atoms with Crippen molar-refractivity contribution in [3.8, 4) is 73.2 Å². The Morgan fingerprint density at radius 1 is 0.276 bits per heavy atom. The molecule has 0 amide bonds. The van der Waals surface area contributed by atoms with Gasteiger partial charge in [-0.3, -0.25) is 0 Å². The molecule has 16 aromatic rings. The van der Waals surface area contributed by atoms with E-state index in [1.807, 2.05) is 66.7 Å². The van der Waals surface area contributed by atoms with E-state index in [-0.39, 0.29) is 0 Å². The predicted molar refractivity (Wildman–Crippen MR) is 309 cm³/mol. The lowest BCUT2D eigenvalue weighted by molar-refractivity contribution is 0.668. The van der Waals surface area contributed by atoms with E-state index in [2.05, 4.69) is 180 Å². The summed E-state index contributed by atoms with van der Waals surface area (Å²) in [5.74, 6) is 1.71. The van der Waals surface area contributed by atoms with Gasteiger partial charge < -0.3 is 17.8 Å². The van der Waals surface area contributed by atoms with Gasteiger partial charge in [-0.15, -0.1) is 0 Å². The fourth-order valence-corrected chi connectivity index (χ4v) is 11.6. The van der Waals surface area contributed by atoms with Crippen molar-refractivity contribution in [2.75, 3.05) is 0 Å². The van der Waals surface area contributed by atoms with Crippen molar-refractivity contribution in [2.45, 2.75) is 0 Å². The molecule has 0 unspecified atom stereocenters. The molecule has 354 valence electrons. The van der Waals surface area contributed by atoms with E-state index in [4.69, 9.17) is 28.2 Å². The molecule has 16 rings (SSSR count). The van der Waals surface area contributed by atoms with Crippen LogP contribution in [0.15, 0.2) is 256 Å². The fourth-order valence-electron chi connectivity index (χ4n) is 11.6. The van der Waals surface area contributed by atoms with Crippen molar-refractivity contribution in [3.63, 3.8) is 0 Å². The zero-order chi connectivity index (χ0) is 49.8. The molecule has 7 nitrogen and oxygen atoms in total. The summed E-state index contributed by atoms with van der Waals surface area (Å²) in [5, 5.41) is 8.59. The number of furan rings is 3. The summed E-state index contributed by atoms with van der Waals surface area (Å²) in [5.41, 5.74) is 17.3. The zero-order valence-corrected chi connectivity index (χ0v) is 40.6. The van der Waals surface area contributed by atoms with Gasteiger partial charge in [0.25, 0.3) is 0 Å². The standard InChI is InChI=1S/C69H40N4O3/c1-3-15-42(16-4-1)67-70-68(43-31-29-41(30-32-43)44-33-35-50-49-20-8-11-26-58(49)75-62(50)40-44)72-69(71-67)55-24-14-28-61-63(55)56-39-45(34-38-60(56)74-61)47-36-37-53(66-64(47)54-21-9-12-27-59(54)76-66)52-23-13-22-51-48-19-7-10-25-57(48)73(65(51)52)46-17-5-2-6-18-46/h1-40H. The van der Waals surface area contributed by atoms with Crippen molar-refractivity contribution in [3.05, 3.63) is 243 Å². The Hall–Kier alpha value is -10.4. The molecule has 5 aromatic heterocycles. The third kappa shape index (κ3) is 6.52. The van der Waals surface area contributed by atoms with Crippen molar-refractivity contribution in [2.24, 2.45) is 0 Å². The van der Waals surface area contributed by atoms with Gasteiger partial charge in [0.1, 0.15) is 33.5 Å². The summed E-state index contributed by atoms with van der Waals surface area (Å²) in [7, 11) is 0. The van der Waals surface area contributed by atoms with E-state index in [1.54, 1.807) is 0 Å². The second kappa shape index (κ2) is 16.6. The van der Waals surface area contributed by atoms with E-state index < -0.39 is 0 Å². The highest BCUT2D eigenvalue weighted by molar-refractivity contribution is 6.21. The second-order valence-electron chi connectivity index (χ2n) is 19.4. The first kappa shape index (κ1) is 42.2. The number of hydrogen-bond donors (Lipinski definition) is 0. The van der Waals surface area contributed by atoms with Gasteiger partial charge in [0.2, 0.25) is 0 Å². The van der Waals surface area contributed by atoms with Crippen LogP contribution in [0, 0.1) is 0 Å². The molecule has 0 saturated carbocycles. The van der Waals surface area contributed by atoms with Gasteiger partial charge in [0.05, 0.1) is 11.0 Å². The maximum atomic E-state index is 6.98. The first-order valence-electron chi connectivity index (χ1n) is 25.5. The molecule has 11 aromatic carbocycles. The number of aromatic nitrogens is 4. The first-order chi connectivity index (χ1) is 37.7. The van der Waals surface area contributed by atoms with Gasteiger partial charge in [-0.05, 0) is 89.0 Å². The molecule has 0 saturated heterocycles. The Morgan fingerprint density at radius 3 is 1.67 bits per heavy atom. The third-order valence-electron chi connectivity index (χ3n) is 15.1. The molecule has 0 bridgehead atoms. The average Bonchev–Trinajstić information content (AvgIpc) is 4.33. The van der Waals surface area contributed by atoms with Crippen molar-refractivity contribution in [1.29, 1.82) is 0 Å². The number of rotatable bonds is 7. The van der Waals surface area contributed by atoms with Crippen LogP contribution in [0.5, 0.6) is 0 Å². The molecule has 0 spiro atoms. The molecule has 0 N–H and O–H groups in total. The van der Waals surface area contributed by atoms with Crippen LogP contribution < -0.4 is 0 Å². The van der Waals surface area contributed by atoms with Crippen LogP contribution in [0.2, 0.25) is 0 Å². The molecular weight excluding hydrogens is 933 g/mol. The Kier molecular flexibility index (Phi) is 9.20. The molecule has 0 aliphatic rings. The summed E-state index contributed by atoms with van der Waals surface area (Å²) in [6, 6.07) is 84.4. The number of nitrogens with zero attached hydrogens (tertiary/aromatic N) is 4. The molecule has 0 radical (unpaired) electrons. The number of fused-ring (bicyclic) bond motifs is 12. The van der Waals surface area contributed by atoms with Crippen LogP contribution in [-0.4, -0.2) is 19.5 Å². The summed E-state index contributed by atoms with van der Waals surface area (Å²) in [6.07, 6.45) is 0. The maximum absolute atomic E-state index is 6.98. The van der Waals surface area contributed by atoms with Gasteiger partial charge in [-0.2, -0.15) is 0 Å². The van der Waals surface area contributed by atoms with E-state index in [0.29, 0.717) is 17.5 Å². The highest BCUT2D eigenvalue weighted by Gasteiger charge is 2.24. The minimum Gasteiger partial charge on any atom is -0.456 e. The molecule has 0 aliphatic carbocycles. The van der Waals surface area contributed by atoms with Gasteiger partial charge in [0, 0.05) is 76.6 Å². The minimum atomic E-state index is 0.552. The Balaban J connectivity index is 0.848. The van der Waals surface area contributed by atoms with E-state index in [0.717, 1.165) is 133 Å². The van der Waals surface area contributed by atoms with Crippen LogP contribution in [0.1, 0.15) is 0 Å². The summed E-state index contributed by atoms with van der Waals surface area (Å²) < 4.78 is 22.3. The quantitative estimate of drug-likeness (QED) is 0.158. The third-order valence-corrected chi connectivity index (χ3v) is 15.1. The SMILES string of the molecule is c1ccc(-c2nc(-c3ccc(-c4ccc5c(c4)oc4ccccc45)cc3)nc(-c3cccc4oc5ccc(-c6ccc(-c7cccc8c9ccccc9n(-c9ccccc9)c78)c7oc8ccccc8c67)cc5c34)n2)cc1. The Labute approximate surface area is 434 Å². The number of benzene rings is 11. The lowest BCUT2D eigenvalue weighted by Gasteiger charge is -2.13. The first-order valence-corrected chi connectivity index (χ1v) is 25.5. The molecular formula is C69H40N4O3. The fraction of sp³-hybridized carbons (Fsp3) is 0. The number of hydrogen-bond acceptors (Lipinski definition) is 6. The predicted octanol–water partition coefficient (Wildman–Crippen LogP) is 18.7. The van der Waals surface area contributed by atoms with Crippen LogP contribution in [0.25, 0.3) is 161 Å². The largest absolute Gasteiger partial charge is 0.456 e. The molecule has 5 heterocycles. The van der Waals surface area contributed by atoms with Crippen LogP contribution in [0.4, 0.5) is 0 Å². The topological polar surface area (TPSA) is 83.0 Å².